The smallest absolute Gasteiger partial charge is 0.252 e. The van der Waals surface area contributed by atoms with Crippen LogP contribution >= 0.6 is 11.8 Å². The van der Waals surface area contributed by atoms with Gasteiger partial charge in [-0.15, -0.1) is 11.8 Å². The first kappa shape index (κ1) is 23.7. The topological polar surface area (TPSA) is 49.4 Å². The normalized spacial score (nSPS) is 16.4. The second kappa shape index (κ2) is 13.6. The Bertz CT molecular complexity index is 624. The molecule has 1 saturated heterocycles. The van der Waals surface area contributed by atoms with Crippen molar-refractivity contribution in [3.8, 4) is 0 Å². The van der Waals surface area contributed by atoms with Crippen LogP contribution in [-0.2, 0) is 9.59 Å². The molecule has 1 aliphatic rings. The molecule has 0 bridgehead atoms. The maximum absolute atomic E-state index is 13.1. The molecule has 1 unspecified atom stereocenters. The van der Waals surface area contributed by atoms with Gasteiger partial charge >= 0.3 is 0 Å². The zero-order valence-corrected chi connectivity index (χ0v) is 18.4. The molecule has 29 heavy (non-hydrogen) atoms. The molecule has 1 N–H and O–H groups in total. The number of carbonyl (C=O) groups excluding carboxylic acids is 2. The van der Waals surface area contributed by atoms with E-state index in [1.54, 1.807) is 12.1 Å². The average molecular weight is 423 g/mol. The molecule has 2 rings (SSSR count). The average Bonchev–Trinajstić information content (AvgIpc) is 3.07. The SMILES string of the molecule is CCCCCCCCCCCCCC(=O)NN1C(=O)CSC1c1ccc(F)cc1. The monoisotopic (exact) mass is 422 g/mol. The summed E-state index contributed by atoms with van der Waals surface area (Å²) in [4.78, 5) is 24.4. The van der Waals surface area contributed by atoms with Gasteiger partial charge in [0.25, 0.3) is 5.91 Å². The number of unbranched alkanes of at least 4 members (excludes halogenated alkanes) is 10. The first-order valence-corrected chi connectivity index (χ1v) is 12.2. The minimum Gasteiger partial charge on any atom is -0.273 e. The molecule has 0 radical (unpaired) electrons. The van der Waals surface area contributed by atoms with E-state index >= 15 is 0 Å². The highest BCUT2D eigenvalue weighted by molar-refractivity contribution is 8.00. The van der Waals surface area contributed by atoms with Crippen LogP contribution in [0.2, 0.25) is 0 Å². The highest BCUT2D eigenvalue weighted by Gasteiger charge is 2.34. The van der Waals surface area contributed by atoms with Crippen molar-refractivity contribution < 1.29 is 14.0 Å². The molecule has 1 aromatic rings. The number of hydrogen-bond donors (Lipinski definition) is 1. The van der Waals surface area contributed by atoms with Crippen LogP contribution in [0.15, 0.2) is 24.3 Å². The Labute approximate surface area is 179 Å². The van der Waals surface area contributed by atoms with E-state index in [4.69, 9.17) is 0 Å². The number of hydrogen-bond acceptors (Lipinski definition) is 3. The van der Waals surface area contributed by atoms with E-state index < -0.39 is 0 Å². The van der Waals surface area contributed by atoms with E-state index in [9.17, 15) is 14.0 Å². The van der Waals surface area contributed by atoms with Gasteiger partial charge in [0, 0.05) is 6.42 Å². The van der Waals surface area contributed by atoms with Gasteiger partial charge in [-0.1, -0.05) is 83.3 Å². The van der Waals surface area contributed by atoms with E-state index in [1.165, 1.54) is 86.7 Å². The molecular formula is C23H35FN2O2S. The minimum absolute atomic E-state index is 0.114. The van der Waals surface area contributed by atoms with Gasteiger partial charge in [-0.05, 0) is 24.1 Å². The first-order valence-electron chi connectivity index (χ1n) is 11.1. The minimum atomic E-state index is -0.310. The summed E-state index contributed by atoms with van der Waals surface area (Å²) in [7, 11) is 0. The highest BCUT2D eigenvalue weighted by atomic mass is 32.2. The van der Waals surface area contributed by atoms with Crippen molar-refractivity contribution in [2.24, 2.45) is 0 Å². The predicted molar refractivity (Wildman–Crippen MR) is 118 cm³/mol. The van der Waals surface area contributed by atoms with Crippen LogP contribution in [-0.4, -0.2) is 22.6 Å². The number of nitrogens with one attached hydrogen (secondary N) is 1. The van der Waals surface area contributed by atoms with Crippen molar-refractivity contribution in [3.63, 3.8) is 0 Å². The van der Waals surface area contributed by atoms with Gasteiger partial charge in [-0.3, -0.25) is 15.0 Å². The Balaban J connectivity index is 1.58. The Morgan fingerprint density at radius 3 is 2.14 bits per heavy atom. The van der Waals surface area contributed by atoms with E-state index in [-0.39, 0.29) is 23.0 Å². The van der Waals surface area contributed by atoms with Crippen molar-refractivity contribution in [2.75, 3.05) is 5.75 Å². The third-order valence-corrected chi connectivity index (χ3v) is 6.49. The molecule has 162 valence electrons. The lowest BCUT2D eigenvalue weighted by Crippen LogP contribution is -2.44. The maximum atomic E-state index is 13.1. The Morgan fingerprint density at radius 2 is 1.55 bits per heavy atom. The molecule has 0 spiro atoms. The fraction of sp³-hybridized carbons (Fsp3) is 0.652. The molecule has 1 heterocycles. The van der Waals surface area contributed by atoms with Gasteiger partial charge in [-0.2, -0.15) is 0 Å². The van der Waals surface area contributed by atoms with Crippen LogP contribution in [0.4, 0.5) is 4.39 Å². The third-order valence-electron chi connectivity index (χ3n) is 5.28. The molecule has 1 atom stereocenters. The lowest BCUT2D eigenvalue weighted by atomic mass is 10.1. The second-order valence-corrected chi connectivity index (χ2v) is 8.87. The van der Waals surface area contributed by atoms with Crippen LogP contribution < -0.4 is 5.43 Å². The molecule has 0 aromatic heterocycles. The summed E-state index contributed by atoms with van der Waals surface area (Å²) in [5.74, 6) is -0.225. The van der Waals surface area contributed by atoms with Crippen molar-refractivity contribution >= 4 is 23.6 Å². The van der Waals surface area contributed by atoms with Crippen LogP contribution in [0.25, 0.3) is 0 Å². The summed E-state index contributed by atoms with van der Waals surface area (Å²) < 4.78 is 13.1. The van der Waals surface area contributed by atoms with Crippen molar-refractivity contribution in [3.05, 3.63) is 35.6 Å². The Kier molecular flexibility index (Phi) is 11.1. The maximum Gasteiger partial charge on any atom is 0.252 e. The fourth-order valence-corrected chi connectivity index (χ4v) is 4.67. The number of halogens is 1. The molecule has 1 aromatic carbocycles. The zero-order chi connectivity index (χ0) is 20.9. The first-order chi connectivity index (χ1) is 14.1. The fourth-order valence-electron chi connectivity index (χ4n) is 3.56. The lowest BCUT2D eigenvalue weighted by molar-refractivity contribution is -0.139. The van der Waals surface area contributed by atoms with Crippen LogP contribution in [0.1, 0.15) is 94.9 Å². The summed E-state index contributed by atoms with van der Waals surface area (Å²) in [6, 6.07) is 6.08. The lowest BCUT2D eigenvalue weighted by Gasteiger charge is -2.24. The Hall–Kier alpha value is -1.56. The molecule has 0 saturated carbocycles. The van der Waals surface area contributed by atoms with E-state index in [0.717, 1.165) is 18.4 Å². The number of benzene rings is 1. The summed E-state index contributed by atoms with van der Waals surface area (Å²) in [6.07, 6.45) is 14.1. The van der Waals surface area contributed by atoms with Crippen LogP contribution in [0.3, 0.4) is 0 Å². The highest BCUT2D eigenvalue weighted by Crippen LogP contribution is 2.37. The quantitative estimate of drug-likeness (QED) is 0.367. The van der Waals surface area contributed by atoms with Gasteiger partial charge in [0.05, 0.1) is 5.75 Å². The largest absolute Gasteiger partial charge is 0.273 e. The molecule has 0 aliphatic carbocycles. The van der Waals surface area contributed by atoms with Gasteiger partial charge in [0.1, 0.15) is 11.2 Å². The van der Waals surface area contributed by atoms with E-state index in [1.807, 2.05) is 0 Å². The third kappa shape index (κ3) is 8.77. The van der Waals surface area contributed by atoms with Crippen molar-refractivity contribution in [1.82, 2.24) is 10.4 Å². The zero-order valence-electron chi connectivity index (χ0n) is 17.6. The number of thioether (sulfide) groups is 1. The number of amides is 2. The van der Waals surface area contributed by atoms with Gasteiger partial charge in [0.2, 0.25) is 5.91 Å². The van der Waals surface area contributed by atoms with Gasteiger partial charge < -0.3 is 0 Å². The molecular weight excluding hydrogens is 387 g/mol. The summed E-state index contributed by atoms with van der Waals surface area (Å²) in [6.45, 7) is 2.24. The molecule has 1 aliphatic heterocycles. The molecule has 4 nitrogen and oxygen atoms in total. The number of nitrogens with zero attached hydrogens (tertiary/aromatic N) is 1. The number of carbonyl (C=O) groups is 2. The van der Waals surface area contributed by atoms with Gasteiger partial charge in [0.15, 0.2) is 0 Å². The second-order valence-electron chi connectivity index (χ2n) is 7.80. The molecule has 6 heteroatoms. The summed E-state index contributed by atoms with van der Waals surface area (Å²) >= 11 is 1.44. The standard InChI is InChI=1S/C23H35FN2O2S/c1-2-3-4-5-6-7-8-9-10-11-12-13-21(27)25-26-22(28)18-29-23(26)19-14-16-20(24)17-15-19/h14-17,23H,2-13,18H2,1H3,(H,25,27). The summed E-state index contributed by atoms with van der Waals surface area (Å²) in [5, 5.41) is 1.11. The summed E-state index contributed by atoms with van der Waals surface area (Å²) in [5.41, 5.74) is 3.57. The van der Waals surface area contributed by atoms with E-state index in [0.29, 0.717) is 12.2 Å². The van der Waals surface area contributed by atoms with Gasteiger partial charge in [-0.25, -0.2) is 9.40 Å². The van der Waals surface area contributed by atoms with Crippen LogP contribution in [0.5, 0.6) is 0 Å². The Morgan fingerprint density at radius 1 is 1.00 bits per heavy atom. The van der Waals surface area contributed by atoms with E-state index in [2.05, 4.69) is 12.3 Å². The number of rotatable bonds is 14. The van der Waals surface area contributed by atoms with Crippen molar-refractivity contribution in [1.29, 1.82) is 0 Å². The molecule has 2 amide bonds. The number of hydrazine groups is 1. The van der Waals surface area contributed by atoms with Crippen LogP contribution in [0, 0.1) is 5.82 Å². The molecule has 1 fully saturated rings. The van der Waals surface area contributed by atoms with Crippen molar-refractivity contribution in [2.45, 2.75) is 89.3 Å². The predicted octanol–water partition coefficient (Wildman–Crippen LogP) is 6.13.